The van der Waals surface area contributed by atoms with Crippen LogP contribution in [0.2, 0.25) is 0 Å². The van der Waals surface area contributed by atoms with Gasteiger partial charge in [-0.1, -0.05) is 24.6 Å². The van der Waals surface area contributed by atoms with Crippen LogP contribution in [0.25, 0.3) is 0 Å². The molecule has 190 valence electrons. The SMILES string of the molecule is O=C(Nc1cc(C(=O)N2CCCNCC2)ccc1N1CCN(C(=O)C2CCC2)CC1)c1ccccc1. The third-order valence-corrected chi connectivity index (χ3v) is 7.54. The molecule has 1 saturated carbocycles. The first kappa shape index (κ1) is 24.3. The predicted molar refractivity (Wildman–Crippen MR) is 140 cm³/mol. The van der Waals surface area contributed by atoms with Gasteiger partial charge in [-0.2, -0.15) is 0 Å². The van der Waals surface area contributed by atoms with Crippen LogP contribution in [0.4, 0.5) is 11.4 Å². The highest BCUT2D eigenvalue weighted by atomic mass is 16.2. The van der Waals surface area contributed by atoms with E-state index in [0.29, 0.717) is 49.5 Å². The summed E-state index contributed by atoms with van der Waals surface area (Å²) in [5, 5.41) is 6.39. The molecule has 2 aromatic carbocycles. The van der Waals surface area contributed by atoms with Crippen LogP contribution < -0.4 is 15.5 Å². The van der Waals surface area contributed by atoms with Crippen molar-refractivity contribution in [2.45, 2.75) is 25.7 Å². The van der Waals surface area contributed by atoms with Gasteiger partial charge in [-0.05, 0) is 56.1 Å². The van der Waals surface area contributed by atoms with Gasteiger partial charge in [-0.3, -0.25) is 14.4 Å². The zero-order valence-electron chi connectivity index (χ0n) is 20.7. The normalized spacial score (nSPS) is 18.8. The van der Waals surface area contributed by atoms with E-state index in [1.807, 2.05) is 46.2 Å². The maximum Gasteiger partial charge on any atom is 0.255 e. The smallest absolute Gasteiger partial charge is 0.255 e. The molecule has 8 heteroatoms. The number of carbonyl (C=O) groups excluding carboxylic acids is 3. The minimum Gasteiger partial charge on any atom is -0.366 e. The van der Waals surface area contributed by atoms with Crippen molar-refractivity contribution in [3.8, 4) is 0 Å². The Balaban J connectivity index is 1.36. The topological polar surface area (TPSA) is 85.0 Å². The lowest BCUT2D eigenvalue weighted by atomic mass is 9.84. The summed E-state index contributed by atoms with van der Waals surface area (Å²) in [4.78, 5) is 45.1. The minimum absolute atomic E-state index is 0.0172. The molecule has 2 aliphatic heterocycles. The maximum absolute atomic E-state index is 13.3. The average Bonchev–Trinajstić information content (AvgIpc) is 3.17. The summed E-state index contributed by atoms with van der Waals surface area (Å²) in [5.41, 5.74) is 2.64. The summed E-state index contributed by atoms with van der Waals surface area (Å²) < 4.78 is 0. The Bertz CT molecular complexity index is 1090. The molecule has 8 nitrogen and oxygen atoms in total. The van der Waals surface area contributed by atoms with Crippen molar-refractivity contribution in [1.29, 1.82) is 0 Å². The number of carbonyl (C=O) groups is 3. The predicted octanol–water partition coefficient (Wildman–Crippen LogP) is 2.82. The van der Waals surface area contributed by atoms with Crippen LogP contribution in [0.1, 0.15) is 46.4 Å². The van der Waals surface area contributed by atoms with Crippen LogP contribution in [0.15, 0.2) is 48.5 Å². The lowest BCUT2D eigenvalue weighted by Gasteiger charge is -2.39. The summed E-state index contributed by atoms with van der Waals surface area (Å²) in [7, 11) is 0. The van der Waals surface area contributed by atoms with Gasteiger partial charge < -0.3 is 25.3 Å². The monoisotopic (exact) mass is 489 g/mol. The van der Waals surface area contributed by atoms with Gasteiger partial charge in [0.05, 0.1) is 11.4 Å². The third-order valence-electron chi connectivity index (χ3n) is 7.54. The van der Waals surface area contributed by atoms with Crippen LogP contribution in [-0.4, -0.2) is 79.9 Å². The number of anilines is 2. The van der Waals surface area contributed by atoms with E-state index in [-0.39, 0.29) is 23.6 Å². The number of nitrogens with one attached hydrogen (secondary N) is 2. The van der Waals surface area contributed by atoms with Crippen LogP contribution in [-0.2, 0) is 4.79 Å². The van der Waals surface area contributed by atoms with Crippen LogP contribution in [0, 0.1) is 5.92 Å². The minimum atomic E-state index is -0.209. The fourth-order valence-electron chi connectivity index (χ4n) is 5.14. The zero-order valence-corrected chi connectivity index (χ0v) is 20.7. The second-order valence-electron chi connectivity index (χ2n) is 9.89. The highest BCUT2D eigenvalue weighted by molar-refractivity contribution is 6.07. The van der Waals surface area contributed by atoms with Crippen LogP contribution in [0.3, 0.4) is 0 Å². The van der Waals surface area contributed by atoms with Crippen molar-refractivity contribution in [2.75, 3.05) is 62.6 Å². The summed E-state index contributed by atoms with van der Waals surface area (Å²) in [6.07, 6.45) is 4.10. The summed E-state index contributed by atoms with van der Waals surface area (Å²) >= 11 is 0. The zero-order chi connectivity index (χ0) is 24.9. The molecule has 5 rings (SSSR count). The first-order valence-corrected chi connectivity index (χ1v) is 13.1. The van der Waals surface area contributed by atoms with E-state index in [9.17, 15) is 14.4 Å². The molecule has 2 aromatic rings. The highest BCUT2D eigenvalue weighted by Crippen LogP contribution is 2.32. The molecule has 0 spiro atoms. The van der Waals surface area contributed by atoms with E-state index in [2.05, 4.69) is 15.5 Å². The van der Waals surface area contributed by atoms with Crippen molar-refractivity contribution < 1.29 is 14.4 Å². The van der Waals surface area contributed by atoms with Gasteiger partial charge >= 0.3 is 0 Å². The molecule has 2 N–H and O–H groups in total. The van der Waals surface area contributed by atoms with Crippen molar-refractivity contribution in [1.82, 2.24) is 15.1 Å². The lowest BCUT2D eigenvalue weighted by molar-refractivity contribution is -0.138. The van der Waals surface area contributed by atoms with E-state index in [1.165, 1.54) is 0 Å². The number of amides is 3. The van der Waals surface area contributed by atoms with Gasteiger partial charge in [-0.25, -0.2) is 0 Å². The molecule has 3 amide bonds. The van der Waals surface area contributed by atoms with E-state index in [4.69, 9.17) is 0 Å². The van der Waals surface area contributed by atoms with Gasteiger partial charge in [-0.15, -0.1) is 0 Å². The molecular formula is C28H35N5O3. The fourth-order valence-corrected chi connectivity index (χ4v) is 5.14. The molecule has 36 heavy (non-hydrogen) atoms. The van der Waals surface area contributed by atoms with Gasteiger partial charge in [0.2, 0.25) is 5.91 Å². The first-order valence-electron chi connectivity index (χ1n) is 13.1. The standard InChI is InChI=1S/C28H35N5O3/c34-26(21-6-2-1-3-7-21)30-24-20-23(28(36)32-14-5-12-29-13-15-32)10-11-25(24)31-16-18-33(19-17-31)27(35)22-8-4-9-22/h1-3,6-7,10-11,20,22,29H,4-5,8-9,12-19H2,(H,30,34). The van der Waals surface area contributed by atoms with Crippen molar-refractivity contribution >= 4 is 29.1 Å². The van der Waals surface area contributed by atoms with Crippen LogP contribution in [0.5, 0.6) is 0 Å². The van der Waals surface area contributed by atoms with E-state index < -0.39 is 0 Å². The highest BCUT2D eigenvalue weighted by Gasteiger charge is 2.32. The Kier molecular flexibility index (Phi) is 7.51. The van der Waals surface area contributed by atoms with Crippen molar-refractivity contribution in [3.63, 3.8) is 0 Å². The molecule has 2 heterocycles. The second-order valence-corrected chi connectivity index (χ2v) is 9.89. The van der Waals surface area contributed by atoms with Gasteiger partial charge in [0.25, 0.3) is 11.8 Å². The largest absolute Gasteiger partial charge is 0.366 e. The molecule has 0 aromatic heterocycles. The number of nitrogens with zero attached hydrogens (tertiary/aromatic N) is 3. The summed E-state index contributed by atoms with van der Waals surface area (Å²) in [6.45, 7) is 5.81. The number of hydrogen-bond acceptors (Lipinski definition) is 5. The molecular weight excluding hydrogens is 454 g/mol. The van der Waals surface area contributed by atoms with E-state index in [1.54, 1.807) is 12.1 Å². The molecule has 0 unspecified atom stereocenters. The molecule has 0 atom stereocenters. The van der Waals surface area contributed by atoms with Crippen molar-refractivity contribution in [3.05, 3.63) is 59.7 Å². The molecule has 0 bridgehead atoms. The van der Waals surface area contributed by atoms with Gasteiger partial charge in [0, 0.05) is 62.9 Å². The fraction of sp³-hybridized carbons (Fsp3) is 0.464. The Morgan fingerprint density at radius 2 is 1.56 bits per heavy atom. The summed E-state index contributed by atoms with van der Waals surface area (Å²) in [5.74, 6) is 0.263. The second kappa shape index (κ2) is 11.1. The Morgan fingerprint density at radius 3 is 2.28 bits per heavy atom. The first-order chi connectivity index (χ1) is 17.6. The molecule has 3 fully saturated rings. The number of benzene rings is 2. The lowest BCUT2D eigenvalue weighted by Crippen LogP contribution is -2.51. The molecule has 3 aliphatic rings. The molecule has 0 radical (unpaired) electrons. The van der Waals surface area contributed by atoms with Crippen molar-refractivity contribution in [2.24, 2.45) is 5.92 Å². The Hall–Kier alpha value is -3.39. The van der Waals surface area contributed by atoms with Crippen LogP contribution >= 0.6 is 0 Å². The maximum atomic E-state index is 13.3. The Morgan fingerprint density at radius 1 is 0.778 bits per heavy atom. The van der Waals surface area contributed by atoms with Gasteiger partial charge in [0.15, 0.2) is 0 Å². The molecule has 1 aliphatic carbocycles. The summed E-state index contributed by atoms with van der Waals surface area (Å²) in [6, 6.07) is 14.7. The van der Waals surface area contributed by atoms with Gasteiger partial charge in [0.1, 0.15) is 0 Å². The Labute approximate surface area is 212 Å². The number of piperazine rings is 1. The third kappa shape index (κ3) is 5.38. The number of hydrogen-bond donors (Lipinski definition) is 2. The number of rotatable bonds is 5. The molecule has 2 saturated heterocycles. The quantitative estimate of drug-likeness (QED) is 0.675. The average molecular weight is 490 g/mol. The van der Waals surface area contributed by atoms with E-state index >= 15 is 0 Å². The van der Waals surface area contributed by atoms with E-state index in [0.717, 1.165) is 51.0 Å².